The van der Waals surface area contributed by atoms with Crippen molar-refractivity contribution in [2.75, 3.05) is 6.54 Å². The Bertz CT molecular complexity index is 1030. The lowest BCUT2D eigenvalue weighted by atomic mass is 9.84. The molecular weight excluding hydrogens is 408 g/mol. The summed E-state index contributed by atoms with van der Waals surface area (Å²) in [4.78, 5) is 29.6. The molecule has 1 fully saturated rings. The first-order valence-corrected chi connectivity index (χ1v) is 12.0. The van der Waals surface area contributed by atoms with Crippen LogP contribution in [0.25, 0.3) is 0 Å². The molecule has 1 heterocycles. The zero-order valence-electron chi connectivity index (χ0n) is 18.9. The lowest BCUT2D eigenvalue weighted by Gasteiger charge is -2.38. The van der Waals surface area contributed by atoms with E-state index >= 15 is 0 Å². The molecule has 0 spiro atoms. The first kappa shape index (κ1) is 21.6. The van der Waals surface area contributed by atoms with Gasteiger partial charge in [0.15, 0.2) is 0 Å². The largest absolute Gasteiger partial charge is 0.292 e. The van der Waals surface area contributed by atoms with Gasteiger partial charge >= 0.3 is 0 Å². The minimum absolute atomic E-state index is 0.132. The second-order valence-corrected chi connectivity index (χ2v) is 9.32. The van der Waals surface area contributed by atoms with Crippen molar-refractivity contribution in [2.45, 2.75) is 44.8 Å². The first-order chi connectivity index (χ1) is 16.2. The van der Waals surface area contributed by atoms with Gasteiger partial charge in [0.2, 0.25) is 0 Å². The van der Waals surface area contributed by atoms with E-state index in [9.17, 15) is 9.59 Å². The molecule has 0 saturated heterocycles. The predicted octanol–water partition coefficient (Wildman–Crippen LogP) is 5.54. The molecule has 2 aliphatic rings. The highest BCUT2D eigenvalue weighted by Crippen LogP contribution is 2.32. The Kier molecular flexibility index (Phi) is 6.36. The Morgan fingerprint density at radius 2 is 1.09 bits per heavy atom. The van der Waals surface area contributed by atoms with Crippen LogP contribution in [0.2, 0.25) is 0 Å². The van der Waals surface area contributed by atoms with Crippen LogP contribution in [0.15, 0.2) is 84.9 Å². The highest BCUT2D eigenvalue weighted by molar-refractivity contribution is 6.21. The van der Waals surface area contributed by atoms with E-state index in [0.29, 0.717) is 29.6 Å². The lowest BCUT2D eigenvalue weighted by molar-refractivity contribution is 0.0588. The number of hydrogen-bond acceptors (Lipinski definition) is 3. The number of carbonyl (C=O) groups excluding carboxylic acids is 2. The fourth-order valence-electron chi connectivity index (χ4n) is 5.31. The number of hydrogen-bond donors (Lipinski definition) is 0. The van der Waals surface area contributed by atoms with Crippen LogP contribution in [0.5, 0.6) is 0 Å². The van der Waals surface area contributed by atoms with Crippen LogP contribution in [0.4, 0.5) is 0 Å². The summed E-state index contributed by atoms with van der Waals surface area (Å²) in [6.07, 6.45) is 4.26. The third kappa shape index (κ3) is 4.76. The Balaban J connectivity index is 1.23. The number of benzene rings is 3. The maximum atomic E-state index is 12.8. The van der Waals surface area contributed by atoms with Crippen LogP contribution < -0.4 is 0 Å². The molecule has 0 unspecified atom stereocenters. The lowest BCUT2D eigenvalue weighted by Crippen LogP contribution is -2.40. The van der Waals surface area contributed by atoms with Crippen LogP contribution in [0, 0.1) is 5.92 Å². The van der Waals surface area contributed by atoms with E-state index in [0.717, 1.165) is 38.8 Å². The molecule has 0 radical (unpaired) electrons. The smallest absolute Gasteiger partial charge is 0.261 e. The number of imide groups is 1. The molecule has 4 heteroatoms. The molecule has 168 valence electrons. The highest BCUT2D eigenvalue weighted by Gasteiger charge is 2.37. The van der Waals surface area contributed by atoms with Gasteiger partial charge in [0.05, 0.1) is 11.1 Å². The fourth-order valence-corrected chi connectivity index (χ4v) is 5.31. The molecule has 3 aromatic carbocycles. The summed E-state index contributed by atoms with van der Waals surface area (Å²) in [6.45, 7) is 2.41. The Labute approximate surface area is 195 Å². The van der Waals surface area contributed by atoms with Gasteiger partial charge in [-0.15, -0.1) is 0 Å². The van der Waals surface area contributed by atoms with Crippen molar-refractivity contribution in [3.8, 4) is 0 Å². The molecule has 5 rings (SSSR count). The van der Waals surface area contributed by atoms with Gasteiger partial charge < -0.3 is 0 Å². The molecule has 0 atom stereocenters. The van der Waals surface area contributed by atoms with Crippen LogP contribution >= 0.6 is 0 Å². The van der Waals surface area contributed by atoms with Gasteiger partial charge in [-0.25, -0.2) is 0 Å². The van der Waals surface area contributed by atoms with Crippen molar-refractivity contribution < 1.29 is 9.59 Å². The second kappa shape index (κ2) is 9.72. The number of carbonyl (C=O) groups is 2. The normalized spacial score (nSPS) is 20.3. The van der Waals surface area contributed by atoms with Gasteiger partial charge in [0, 0.05) is 25.7 Å². The fraction of sp³-hybridized carbons (Fsp3) is 0.310. The summed E-state index contributed by atoms with van der Waals surface area (Å²) in [7, 11) is 0. The topological polar surface area (TPSA) is 40.6 Å². The van der Waals surface area contributed by atoms with Crippen molar-refractivity contribution in [1.82, 2.24) is 9.80 Å². The molecule has 0 bridgehead atoms. The number of amides is 2. The Morgan fingerprint density at radius 1 is 0.636 bits per heavy atom. The summed E-state index contributed by atoms with van der Waals surface area (Å²) in [5, 5.41) is 0. The molecule has 33 heavy (non-hydrogen) atoms. The summed E-state index contributed by atoms with van der Waals surface area (Å²) >= 11 is 0. The summed E-state index contributed by atoms with van der Waals surface area (Å²) in [5.74, 6) is 0.110. The van der Waals surface area contributed by atoms with E-state index in [1.54, 1.807) is 12.1 Å². The first-order valence-electron chi connectivity index (χ1n) is 12.0. The number of nitrogens with zero attached hydrogens (tertiary/aromatic N) is 2. The van der Waals surface area contributed by atoms with Crippen LogP contribution in [-0.2, 0) is 13.1 Å². The maximum absolute atomic E-state index is 12.8. The van der Waals surface area contributed by atoms with E-state index in [4.69, 9.17) is 0 Å². The van der Waals surface area contributed by atoms with Crippen molar-refractivity contribution in [3.63, 3.8) is 0 Å². The van der Waals surface area contributed by atoms with Crippen molar-refractivity contribution in [2.24, 2.45) is 5.92 Å². The van der Waals surface area contributed by atoms with Gasteiger partial charge in [-0.2, -0.15) is 0 Å². The van der Waals surface area contributed by atoms with E-state index in [-0.39, 0.29) is 11.8 Å². The molecule has 0 aromatic heterocycles. The third-order valence-corrected chi connectivity index (χ3v) is 7.11. The van der Waals surface area contributed by atoms with Gasteiger partial charge in [-0.1, -0.05) is 72.8 Å². The average molecular weight is 439 g/mol. The predicted molar refractivity (Wildman–Crippen MR) is 130 cm³/mol. The molecule has 1 saturated carbocycles. The molecule has 0 N–H and O–H groups in total. The molecular formula is C29H30N2O2. The van der Waals surface area contributed by atoms with Gasteiger partial charge in [-0.05, 0) is 54.9 Å². The summed E-state index contributed by atoms with van der Waals surface area (Å²) in [6, 6.07) is 29.0. The van der Waals surface area contributed by atoms with E-state index in [1.807, 2.05) is 12.1 Å². The van der Waals surface area contributed by atoms with E-state index in [2.05, 4.69) is 65.6 Å². The van der Waals surface area contributed by atoms with Gasteiger partial charge in [-0.3, -0.25) is 19.4 Å². The molecule has 2 amide bonds. The quantitative estimate of drug-likeness (QED) is 0.455. The number of fused-ring (bicyclic) bond motifs is 1. The highest BCUT2D eigenvalue weighted by atomic mass is 16.2. The Hall–Kier alpha value is -3.24. The molecule has 1 aliphatic carbocycles. The van der Waals surface area contributed by atoms with Gasteiger partial charge in [0.25, 0.3) is 11.8 Å². The number of rotatable bonds is 7. The summed E-state index contributed by atoms with van der Waals surface area (Å²) < 4.78 is 0. The minimum atomic E-state index is -0.132. The molecule has 1 aliphatic heterocycles. The van der Waals surface area contributed by atoms with Crippen LogP contribution in [0.3, 0.4) is 0 Å². The zero-order valence-corrected chi connectivity index (χ0v) is 18.9. The molecule has 4 nitrogen and oxygen atoms in total. The van der Waals surface area contributed by atoms with Crippen LogP contribution in [-0.4, -0.2) is 34.2 Å². The molecule has 3 aromatic rings. The van der Waals surface area contributed by atoms with Crippen molar-refractivity contribution >= 4 is 11.8 Å². The Morgan fingerprint density at radius 3 is 1.58 bits per heavy atom. The average Bonchev–Trinajstić information content (AvgIpc) is 3.10. The van der Waals surface area contributed by atoms with Gasteiger partial charge in [0.1, 0.15) is 0 Å². The van der Waals surface area contributed by atoms with Crippen molar-refractivity contribution in [3.05, 3.63) is 107 Å². The SMILES string of the molecule is O=C1c2ccccc2C(=O)N1CC1CCC(N(Cc2ccccc2)Cc2ccccc2)CC1. The standard InChI is InChI=1S/C29H30N2O2/c32-28-26-13-7-8-14-27(26)29(33)31(28)21-24-15-17-25(18-16-24)30(19-22-9-3-1-4-10-22)20-23-11-5-2-6-12-23/h1-14,24-25H,15-21H2. The minimum Gasteiger partial charge on any atom is -0.292 e. The van der Waals surface area contributed by atoms with E-state index < -0.39 is 0 Å². The second-order valence-electron chi connectivity index (χ2n) is 9.32. The zero-order chi connectivity index (χ0) is 22.6. The monoisotopic (exact) mass is 438 g/mol. The summed E-state index contributed by atoms with van der Waals surface area (Å²) in [5.41, 5.74) is 3.77. The maximum Gasteiger partial charge on any atom is 0.261 e. The van der Waals surface area contributed by atoms with E-state index in [1.165, 1.54) is 16.0 Å². The third-order valence-electron chi connectivity index (χ3n) is 7.11. The van der Waals surface area contributed by atoms with Crippen LogP contribution in [0.1, 0.15) is 57.5 Å². The van der Waals surface area contributed by atoms with Crippen molar-refractivity contribution in [1.29, 1.82) is 0 Å².